The Kier molecular flexibility index (Phi) is 2.17. The van der Waals surface area contributed by atoms with Gasteiger partial charge in [0.2, 0.25) is 0 Å². The standard InChI is InChI=1S/C13H15BrN2/c1-8(15)13(4-5-13)12-7-9-6-10(14)2-3-11(9)16-12/h2-3,6-8,16H,4-5,15H2,1H3. The van der Waals surface area contributed by atoms with Crippen LogP contribution in [0.15, 0.2) is 28.7 Å². The number of H-pyrrole nitrogens is 1. The molecule has 3 heteroatoms. The second kappa shape index (κ2) is 3.34. The van der Waals surface area contributed by atoms with Crippen LogP contribution in [0.1, 0.15) is 25.5 Å². The van der Waals surface area contributed by atoms with Crippen LogP contribution in [0, 0.1) is 0 Å². The second-order valence-electron chi connectivity index (χ2n) is 4.86. The van der Waals surface area contributed by atoms with Gasteiger partial charge in [0.25, 0.3) is 0 Å². The zero-order valence-electron chi connectivity index (χ0n) is 9.26. The average molecular weight is 279 g/mol. The molecule has 3 N–H and O–H groups in total. The van der Waals surface area contributed by atoms with Crippen molar-refractivity contribution in [3.05, 3.63) is 34.4 Å². The Morgan fingerprint density at radius 2 is 2.12 bits per heavy atom. The van der Waals surface area contributed by atoms with Crippen molar-refractivity contribution >= 4 is 26.8 Å². The van der Waals surface area contributed by atoms with E-state index in [1.165, 1.54) is 29.4 Å². The van der Waals surface area contributed by atoms with Gasteiger partial charge in [0.1, 0.15) is 0 Å². The maximum Gasteiger partial charge on any atom is 0.0457 e. The molecule has 1 fully saturated rings. The molecule has 0 amide bonds. The van der Waals surface area contributed by atoms with Crippen LogP contribution in [-0.2, 0) is 5.41 Å². The predicted octanol–water partition coefficient (Wildman–Crippen LogP) is 3.31. The Labute approximate surface area is 103 Å². The molecule has 2 nitrogen and oxygen atoms in total. The molecule has 1 aliphatic rings. The van der Waals surface area contributed by atoms with Crippen molar-refractivity contribution in [1.29, 1.82) is 0 Å². The highest BCUT2D eigenvalue weighted by molar-refractivity contribution is 9.10. The summed E-state index contributed by atoms with van der Waals surface area (Å²) < 4.78 is 1.12. The number of nitrogens with one attached hydrogen (secondary N) is 1. The maximum absolute atomic E-state index is 6.09. The summed E-state index contributed by atoms with van der Waals surface area (Å²) in [6.07, 6.45) is 2.41. The van der Waals surface area contributed by atoms with Crippen molar-refractivity contribution in [3.63, 3.8) is 0 Å². The fourth-order valence-electron chi connectivity index (χ4n) is 2.48. The fourth-order valence-corrected chi connectivity index (χ4v) is 2.86. The first kappa shape index (κ1) is 10.4. The summed E-state index contributed by atoms with van der Waals surface area (Å²) in [6.45, 7) is 2.11. The van der Waals surface area contributed by atoms with Gasteiger partial charge >= 0.3 is 0 Å². The molecule has 1 saturated carbocycles. The number of aromatic amines is 1. The summed E-state index contributed by atoms with van der Waals surface area (Å²) in [5.74, 6) is 0. The smallest absolute Gasteiger partial charge is 0.0457 e. The number of hydrogen-bond acceptors (Lipinski definition) is 1. The SMILES string of the molecule is CC(N)C1(c2cc3cc(Br)ccc3[nH]2)CC1. The van der Waals surface area contributed by atoms with Crippen LogP contribution in [0.5, 0.6) is 0 Å². The monoisotopic (exact) mass is 278 g/mol. The Hall–Kier alpha value is -0.800. The van der Waals surface area contributed by atoms with Gasteiger partial charge in [0, 0.05) is 32.5 Å². The third-order valence-corrected chi connectivity index (χ3v) is 4.27. The molecule has 0 saturated heterocycles. The molecule has 1 aliphatic carbocycles. The predicted molar refractivity (Wildman–Crippen MR) is 70.6 cm³/mol. The van der Waals surface area contributed by atoms with Gasteiger partial charge < -0.3 is 10.7 Å². The van der Waals surface area contributed by atoms with E-state index < -0.39 is 0 Å². The van der Waals surface area contributed by atoms with E-state index >= 15 is 0 Å². The molecule has 3 rings (SSSR count). The molecule has 1 aromatic heterocycles. The second-order valence-corrected chi connectivity index (χ2v) is 5.78. The van der Waals surface area contributed by atoms with E-state index in [0.29, 0.717) is 0 Å². The Balaban J connectivity index is 2.12. The van der Waals surface area contributed by atoms with Crippen LogP contribution < -0.4 is 5.73 Å². The van der Waals surface area contributed by atoms with Crippen molar-refractivity contribution < 1.29 is 0 Å². The number of aromatic nitrogens is 1. The highest BCUT2D eigenvalue weighted by atomic mass is 79.9. The minimum absolute atomic E-state index is 0.214. The molecule has 84 valence electrons. The van der Waals surface area contributed by atoms with Gasteiger partial charge in [0.15, 0.2) is 0 Å². The molecular formula is C13H15BrN2. The Bertz CT molecular complexity index is 538. The Morgan fingerprint density at radius 1 is 1.38 bits per heavy atom. The third kappa shape index (κ3) is 1.42. The fraction of sp³-hybridized carbons (Fsp3) is 0.385. The van der Waals surface area contributed by atoms with Crippen LogP contribution >= 0.6 is 15.9 Å². The van der Waals surface area contributed by atoms with E-state index in [4.69, 9.17) is 5.73 Å². The summed E-state index contributed by atoms with van der Waals surface area (Å²) in [6, 6.07) is 8.79. The lowest BCUT2D eigenvalue weighted by Gasteiger charge is -2.17. The highest BCUT2D eigenvalue weighted by Crippen LogP contribution is 2.50. The molecule has 0 spiro atoms. The molecule has 1 atom stereocenters. The number of hydrogen-bond donors (Lipinski definition) is 2. The molecule has 0 radical (unpaired) electrons. The zero-order chi connectivity index (χ0) is 11.3. The number of halogens is 1. The minimum atomic E-state index is 0.214. The van der Waals surface area contributed by atoms with Crippen molar-refractivity contribution in [1.82, 2.24) is 4.98 Å². The lowest BCUT2D eigenvalue weighted by molar-refractivity contribution is 0.546. The van der Waals surface area contributed by atoms with Gasteiger partial charge in [-0.05, 0) is 44.0 Å². The minimum Gasteiger partial charge on any atom is -0.358 e. The number of benzene rings is 1. The zero-order valence-corrected chi connectivity index (χ0v) is 10.8. The Morgan fingerprint density at radius 3 is 2.75 bits per heavy atom. The summed E-state index contributed by atoms with van der Waals surface area (Å²) in [4.78, 5) is 3.51. The number of nitrogens with two attached hydrogens (primary N) is 1. The molecule has 0 aliphatic heterocycles. The molecular weight excluding hydrogens is 264 g/mol. The summed E-state index contributed by atoms with van der Waals surface area (Å²) in [7, 11) is 0. The van der Waals surface area contributed by atoms with Crippen molar-refractivity contribution in [2.24, 2.45) is 5.73 Å². The van der Waals surface area contributed by atoms with Crippen LogP contribution in [0.4, 0.5) is 0 Å². The van der Waals surface area contributed by atoms with Gasteiger partial charge in [-0.3, -0.25) is 0 Å². The molecule has 0 bridgehead atoms. The molecule has 1 unspecified atom stereocenters. The normalized spacial score (nSPS) is 19.9. The van der Waals surface area contributed by atoms with E-state index in [9.17, 15) is 0 Å². The summed E-state index contributed by atoms with van der Waals surface area (Å²) in [5.41, 5.74) is 8.80. The van der Waals surface area contributed by atoms with E-state index in [-0.39, 0.29) is 11.5 Å². The topological polar surface area (TPSA) is 41.8 Å². The first-order valence-electron chi connectivity index (χ1n) is 5.66. The molecule has 1 heterocycles. The lowest BCUT2D eigenvalue weighted by Crippen LogP contribution is -2.31. The van der Waals surface area contributed by atoms with Crippen molar-refractivity contribution in [2.45, 2.75) is 31.2 Å². The first-order chi connectivity index (χ1) is 7.62. The van der Waals surface area contributed by atoms with Crippen LogP contribution in [0.25, 0.3) is 10.9 Å². The van der Waals surface area contributed by atoms with E-state index in [1.807, 2.05) is 0 Å². The van der Waals surface area contributed by atoms with Gasteiger partial charge in [0.05, 0.1) is 0 Å². The van der Waals surface area contributed by atoms with E-state index in [1.54, 1.807) is 0 Å². The van der Waals surface area contributed by atoms with Gasteiger partial charge in [-0.15, -0.1) is 0 Å². The molecule has 2 aromatic rings. The number of fused-ring (bicyclic) bond motifs is 1. The van der Waals surface area contributed by atoms with E-state index in [2.05, 4.69) is 52.1 Å². The van der Waals surface area contributed by atoms with Gasteiger partial charge in [-0.25, -0.2) is 0 Å². The molecule has 1 aromatic carbocycles. The van der Waals surface area contributed by atoms with Crippen LogP contribution in [0.3, 0.4) is 0 Å². The summed E-state index contributed by atoms with van der Waals surface area (Å²) >= 11 is 3.50. The van der Waals surface area contributed by atoms with Crippen LogP contribution in [-0.4, -0.2) is 11.0 Å². The van der Waals surface area contributed by atoms with Gasteiger partial charge in [-0.1, -0.05) is 15.9 Å². The molecule has 16 heavy (non-hydrogen) atoms. The number of rotatable bonds is 2. The quantitative estimate of drug-likeness (QED) is 0.870. The van der Waals surface area contributed by atoms with Crippen LogP contribution in [0.2, 0.25) is 0 Å². The van der Waals surface area contributed by atoms with Gasteiger partial charge in [-0.2, -0.15) is 0 Å². The summed E-state index contributed by atoms with van der Waals surface area (Å²) in [5, 5.41) is 1.26. The lowest BCUT2D eigenvalue weighted by atomic mass is 9.95. The average Bonchev–Trinajstić information content (AvgIpc) is 2.94. The van der Waals surface area contributed by atoms with Crippen molar-refractivity contribution in [3.8, 4) is 0 Å². The van der Waals surface area contributed by atoms with E-state index in [0.717, 1.165) is 4.47 Å². The maximum atomic E-state index is 6.09. The highest BCUT2D eigenvalue weighted by Gasteiger charge is 2.48. The largest absolute Gasteiger partial charge is 0.358 e. The first-order valence-corrected chi connectivity index (χ1v) is 6.45. The van der Waals surface area contributed by atoms with Crippen molar-refractivity contribution in [2.75, 3.05) is 0 Å². The third-order valence-electron chi connectivity index (χ3n) is 3.78.